The van der Waals surface area contributed by atoms with E-state index in [0.29, 0.717) is 0 Å². The van der Waals surface area contributed by atoms with E-state index in [9.17, 15) is 4.79 Å². The van der Waals surface area contributed by atoms with Crippen molar-refractivity contribution in [2.45, 2.75) is 12.5 Å². The van der Waals surface area contributed by atoms with Crippen LogP contribution in [-0.4, -0.2) is 29.1 Å². The number of carboxylic acids is 1. The second-order valence-corrected chi connectivity index (χ2v) is 2.28. The highest BCUT2D eigenvalue weighted by molar-refractivity contribution is 7.98. The molecule has 3 nitrogen and oxygen atoms in total. The average Bonchev–Trinajstić information content (AvgIpc) is 1.84. The van der Waals surface area contributed by atoms with E-state index in [0.717, 1.165) is 11.8 Å². The molecule has 0 heterocycles. The normalized spacial score (nSPS) is 19.4. The molecule has 0 fully saturated rings. The smallest absolute Gasteiger partial charge is 0.320 e. The molecule has 0 aliphatic carbocycles. The van der Waals surface area contributed by atoms with E-state index in [4.69, 9.17) is 15.0 Å². The maximum Gasteiger partial charge on any atom is 0.320 e. The molecule has 54 valence electrons. The van der Waals surface area contributed by atoms with Gasteiger partial charge in [-0.3, -0.25) is 4.79 Å². The Morgan fingerprint density at radius 3 is 3.22 bits per heavy atom. The third-order valence-corrected chi connectivity index (χ3v) is 1.29. The summed E-state index contributed by atoms with van der Waals surface area (Å²) >= 11 is 0.736. The zero-order valence-corrected chi connectivity index (χ0v) is 5.65. The maximum atomic E-state index is 10.2. The van der Waals surface area contributed by atoms with Crippen molar-refractivity contribution < 1.29 is 14.0 Å². The van der Waals surface area contributed by atoms with E-state index in [1.54, 1.807) is 0 Å². The van der Waals surface area contributed by atoms with Crippen molar-refractivity contribution in [2.75, 3.05) is 11.9 Å². The number of carboxylic acid groups (broad SMARTS) is 1. The second-order valence-electron chi connectivity index (χ2n) is 1.58. The van der Waals surface area contributed by atoms with Crippen molar-refractivity contribution in [3.05, 3.63) is 0 Å². The molecule has 0 saturated heterocycles. The van der Waals surface area contributed by atoms with Crippen LogP contribution in [0.5, 0.6) is 0 Å². The second kappa shape index (κ2) is 4.64. The van der Waals surface area contributed by atoms with Crippen LogP contribution in [0.2, 0.25) is 0 Å². The van der Waals surface area contributed by atoms with Gasteiger partial charge in [0.2, 0.25) is 0 Å². The maximum absolute atomic E-state index is 10.2. The fourth-order valence-electron chi connectivity index (χ4n) is 0.309. The van der Waals surface area contributed by atoms with Crippen molar-refractivity contribution in [3.63, 3.8) is 0 Å². The molecule has 0 aromatic heterocycles. The van der Waals surface area contributed by atoms with Crippen LogP contribution >= 0.6 is 11.8 Å². The topological polar surface area (TPSA) is 63.3 Å². The largest absolute Gasteiger partial charge is 0.480 e. The fraction of sp³-hybridized carbons (Fsp3) is 0.800. The van der Waals surface area contributed by atoms with Crippen LogP contribution in [0.4, 0.5) is 0 Å². The van der Waals surface area contributed by atoms with Crippen LogP contribution in [0, 0.1) is 0 Å². The number of thioether (sulfide) groups is 1. The van der Waals surface area contributed by atoms with E-state index in [1.807, 2.05) is 0 Å². The molecule has 0 rings (SSSR count). The molecule has 0 aliphatic rings. The summed E-state index contributed by atoms with van der Waals surface area (Å²) < 4.78 is 20.4. The number of hydrogen-bond acceptors (Lipinski definition) is 3. The lowest BCUT2D eigenvalue weighted by Gasteiger charge is -2.02. The number of carbonyl (C=O) groups is 1. The quantitative estimate of drug-likeness (QED) is 0.606. The van der Waals surface area contributed by atoms with Crippen LogP contribution in [0.3, 0.4) is 0 Å². The molecule has 0 bridgehead atoms. The lowest BCUT2D eigenvalue weighted by atomic mass is 10.2. The van der Waals surface area contributed by atoms with Gasteiger partial charge in [-0.1, -0.05) is 0 Å². The van der Waals surface area contributed by atoms with Crippen LogP contribution in [0.25, 0.3) is 0 Å². The lowest BCUT2D eigenvalue weighted by Crippen LogP contribution is -2.30. The van der Waals surface area contributed by atoms with Crippen molar-refractivity contribution >= 4 is 17.7 Å². The number of nitrogens with two attached hydrogens (primary N) is 1. The minimum Gasteiger partial charge on any atom is -0.480 e. The molecule has 3 N–H and O–H groups in total. The van der Waals surface area contributed by atoms with Gasteiger partial charge in [0, 0.05) is 4.11 Å². The predicted octanol–water partition coefficient (Wildman–Crippen LogP) is 0.151. The van der Waals surface area contributed by atoms with E-state index in [2.05, 4.69) is 0 Å². The van der Waals surface area contributed by atoms with Gasteiger partial charge in [0.25, 0.3) is 0 Å². The Morgan fingerprint density at radius 1 is 2.11 bits per heavy atom. The molecule has 0 aliphatic heterocycles. The number of hydrogen-bond donors (Lipinski definition) is 2. The first-order chi connectivity index (χ1) is 5.33. The van der Waals surface area contributed by atoms with Crippen LogP contribution in [-0.2, 0) is 4.79 Å². The summed E-state index contributed by atoms with van der Waals surface area (Å²) in [4.78, 5) is 10.2. The summed E-state index contributed by atoms with van der Waals surface area (Å²) in [5, 5.41) is 8.34. The highest BCUT2D eigenvalue weighted by Gasteiger charge is 2.08. The van der Waals surface area contributed by atoms with Gasteiger partial charge in [-0.05, 0) is 18.4 Å². The zero-order chi connectivity index (χ0) is 9.78. The average molecular weight is 155 g/mol. The van der Waals surface area contributed by atoms with Crippen molar-refractivity contribution in [1.29, 1.82) is 0 Å². The summed E-state index contributed by atoms with van der Waals surface area (Å²) in [6.45, 7) is 0. The predicted molar refractivity (Wildman–Crippen MR) is 38.6 cm³/mol. The summed E-state index contributed by atoms with van der Waals surface area (Å²) in [5.41, 5.74) is 5.15. The van der Waals surface area contributed by atoms with Crippen molar-refractivity contribution in [2.24, 2.45) is 5.73 Å². The molecular formula is C5H11NO2S. The van der Waals surface area contributed by atoms with Gasteiger partial charge in [-0.2, -0.15) is 11.8 Å². The molecule has 1 atom stereocenters. The summed E-state index contributed by atoms with van der Waals surface area (Å²) in [7, 11) is 0. The Morgan fingerprint density at radius 2 is 2.78 bits per heavy atom. The Hall–Kier alpha value is -0.220. The molecule has 9 heavy (non-hydrogen) atoms. The third kappa shape index (κ3) is 4.29. The summed E-state index contributed by atoms with van der Waals surface area (Å²) in [6, 6.07) is -0.958. The van der Waals surface area contributed by atoms with Gasteiger partial charge in [-0.15, -0.1) is 0 Å². The first-order valence-corrected chi connectivity index (χ1v) is 3.44. The van der Waals surface area contributed by atoms with Crippen molar-refractivity contribution in [3.8, 4) is 0 Å². The van der Waals surface area contributed by atoms with E-state index in [-0.39, 0.29) is 12.2 Å². The molecule has 0 aromatic rings. The van der Waals surface area contributed by atoms with Crippen LogP contribution in [0.1, 0.15) is 10.5 Å². The van der Waals surface area contributed by atoms with E-state index >= 15 is 0 Å². The van der Waals surface area contributed by atoms with Gasteiger partial charge in [0.05, 0.1) is 0 Å². The van der Waals surface area contributed by atoms with E-state index in [1.165, 1.54) is 0 Å². The first-order valence-electron chi connectivity index (χ1n) is 3.95. The number of aliphatic carboxylic acids is 1. The lowest BCUT2D eigenvalue weighted by molar-refractivity contribution is -0.138. The highest BCUT2D eigenvalue weighted by atomic mass is 32.2. The molecule has 4 heteroatoms. The van der Waals surface area contributed by atoms with Gasteiger partial charge in [-0.25, -0.2) is 0 Å². The molecule has 0 radical (unpaired) electrons. The van der Waals surface area contributed by atoms with E-state index < -0.39 is 18.2 Å². The highest BCUT2D eigenvalue weighted by Crippen LogP contribution is 1.97. The summed E-state index contributed by atoms with van der Waals surface area (Å²) in [6.07, 6.45) is -1.88. The number of rotatable bonds is 4. The molecule has 0 saturated carbocycles. The standard InChI is InChI=1S/C5H11NO2S/c1-9-3-2-4(6)5(7)8/h4H,2-3,6H2,1H3,(H,7,8)/t4-/m0/s1/i1T3. The Labute approximate surface area is 62.8 Å². The zero-order valence-electron chi connectivity index (χ0n) is 7.83. The molecule has 0 spiro atoms. The van der Waals surface area contributed by atoms with Gasteiger partial charge < -0.3 is 10.8 Å². The van der Waals surface area contributed by atoms with Gasteiger partial charge in [0.1, 0.15) is 6.04 Å². The van der Waals surface area contributed by atoms with Gasteiger partial charge in [0.15, 0.2) is 0 Å². The molecular weight excluding hydrogens is 138 g/mol. The Balaban J connectivity index is 3.51. The molecule has 0 amide bonds. The monoisotopic (exact) mass is 155 g/mol. The third-order valence-electron chi connectivity index (χ3n) is 0.848. The minimum atomic E-state index is -2.06. The van der Waals surface area contributed by atoms with Crippen LogP contribution in [0.15, 0.2) is 0 Å². The first kappa shape index (κ1) is 4.57. The fourth-order valence-corrected chi connectivity index (χ4v) is 0.681. The van der Waals surface area contributed by atoms with Crippen molar-refractivity contribution in [1.82, 2.24) is 0 Å². The van der Waals surface area contributed by atoms with Gasteiger partial charge >= 0.3 is 5.97 Å². The Kier molecular flexibility index (Phi) is 2.36. The molecule has 0 aromatic carbocycles. The summed E-state index contributed by atoms with van der Waals surface area (Å²) in [5.74, 6) is -0.856. The molecule has 0 unspecified atom stereocenters. The van der Waals surface area contributed by atoms with Crippen LogP contribution < -0.4 is 5.73 Å². The SMILES string of the molecule is [3H]C([3H])([3H])SCC[C@H](N)C(=O)O. The Bertz CT molecular complexity index is 161. The minimum absolute atomic E-state index is 0.179.